The van der Waals surface area contributed by atoms with Gasteiger partial charge in [-0.15, -0.1) is 0 Å². The summed E-state index contributed by atoms with van der Waals surface area (Å²) in [6.45, 7) is 7.70. The van der Waals surface area contributed by atoms with Crippen LogP contribution in [-0.2, 0) is 4.74 Å². The maximum atomic E-state index is 5.05. The summed E-state index contributed by atoms with van der Waals surface area (Å²) in [5.74, 6) is 0. The predicted molar refractivity (Wildman–Crippen MR) is 48.2 cm³/mol. The summed E-state index contributed by atoms with van der Waals surface area (Å²) in [4.78, 5) is 0. The molecule has 1 aromatic rings. The van der Waals surface area contributed by atoms with Crippen molar-refractivity contribution >= 4 is 0 Å². The van der Waals surface area contributed by atoms with E-state index in [-0.39, 0.29) is 0 Å². The normalized spacial score (nSPS) is 16.2. The zero-order valence-electron chi connectivity index (χ0n) is 7.95. The van der Waals surface area contributed by atoms with E-state index in [1.54, 1.807) is 0 Å². The SMILES string of the molecule is CC.Cc1ccnn1C1COC1. The van der Waals surface area contributed by atoms with Gasteiger partial charge < -0.3 is 4.74 Å². The molecule has 0 aromatic carbocycles. The smallest absolute Gasteiger partial charge is 0.0988 e. The zero-order valence-corrected chi connectivity index (χ0v) is 7.95. The van der Waals surface area contributed by atoms with Crippen molar-refractivity contribution < 1.29 is 4.74 Å². The van der Waals surface area contributed by atoms with E-state index in [1.165, 1.54) is 5.69 Å². The maximum Gasteiger partial charge on any atom is 0.0988 e. The van der Waals surface area contributed by atoms with Crippen LogP contribution < -0.4 is 0 Å². The molecule has 1 fully saturated rings. The summed E-state index contributed by atoms with van der Waals surface area (Å²) < 4.78 is 7.07. The first kappa shape index (κ1) is 9.26. The summed E-state index contributed by atoms with van der Waals surface area (Å²) in [7, 11) is 0. The Morgan fingerprint density at radius 2 is 2.17 bits per heavy atom. The number of hydrogen-bond donors (Lipinski definition) is 0. The number of aryl methyl sites for hydroxylation is 1. The molecular weight excluding hydrogens is 152 g/mol. The quantitative estimate of drug-likeness (QED) is 0.639. The fourth-order valence-corrected chi connectivity index (χ4v) is 1.13. The summed E-state index contributed by atoms with van der Waals surface area (Å²) >= 11 is 0. The van der Waals surface area contributed by atoms with Gasteiger partial charge in [0.1, 0.15) is 0 Å². The second-order valence-electron chi connectivity index (χ2n) is 2.61. The van der Waals surface area contributed by atoms with Gasteiger partial charge in [-0.1, -0.05) is 13.8 Å². The van der Waals surface area contributed by atoms with Crippen molar-refractivity contribution in [3.05, 3.63) is 18.0 Å². The molecule has 0 radical (unpaired) electrons. The van der Waals surface area contributed by atoms with Gasteiger partial charge in [0.05, 0.1) is 19.3 Å². The highest BCUT2D eigenvalue weighted by Gasteiger charge is 2.21. The average Bonchev–Trinajstić information content (AvgIpc) is 2.38. The average molecular weight is 168 g/mol. The van der Waals surface area contributed by atoms with E-state index in [4.69, 9.17) is 4.74 Å². The van der Waals surface area contributed by atoms with Crippen LogP contribution in [0.25, 0.3) is 0 Å². The van der Waals surface area contributed by atoms with E-state index in [9.17, 15) is 0 Å². The van der Waals surface area contributed by atoms with Crippen molar-refractivity contribution in [3.8, 4) is 0 Å². The Bertz CT molecular complexity index is 228. The highest BCUT2D eigenvalue weighted by Crippen LogP contribution is 2.17. The third kappa shape index (κ3) is 1.67. The number of ether oxygens (including phenoxy) is 1. The molecule has 1 aromatic heterocycles. The topological polar surface area (TPSA) is 27.1 Å². The van der Waals surface area contributed by atoms with Crippen molar-refractivity contribution in [2.75, 3.05) is 13.2 Å². The van der Waals surface area contributed by atoms with Crippen LogP contribution in [0.3, 0.4) is 0 Å². The molecule has 3 nitrogen and oxygen atoms in total. The third-order valence-electron chi connectivity index (χ3n) is 1.83. The molecule has 0 atom stereocenters. The predicted octanol–water partition coefficient (Wildman–Crippen LogP) is 1.79. The third-order valence-corrected chi connectivity index (χ3v) is 1.83. The maximum absolute atomic E-state index is 5.05. The summed E-state index contributed by atoms with van der Waals surface area (Å²) in [5.41, 5.74) is 1.22. The van der Waals surface area contributed by atoms with Crippen LogP contribution in [0.1, 0.15) is 25.6 Å². The van der Waals surface area contributed by atoms with Crippen LogP contribution in [0.4, 0.5) is 0 Å². The van der Waals surface area contributed by atoms with Gasteiger partial charge in [0.25, 0.3) is 0 Å². The van der Waals surface area contributed by atoms with Crippen molar-refractivity contribution in [1.29, 1.82) is 0 Å². The largest absolute Gasteiger partial charge is 0.377 e. The van der Waals surface area contributed by atoms with E-state index >= 15 is 0 Å². The Labute approximate surface area is 73.3 Å². The van der Waals surface area contributed by atoms with Crippen LogP contribution in [0.2, 0.25) is 0 Å². The van der Waals surface area contributed by atoms with Crippen LogP contribution in [0, 0.1) is 6.92 Å². The molecule has 0 amide bonds. The van der Waals surface area contributed by atoms with Crippen molar-refractivity contribution in [1.82, 2.24) is 9.78 Å². The molecule has 0 aliphatic carbocycles. The van der Waals surface area contributed by atoms with Gasteiger partial charge in [-0.05, 0) is 13.0 Å². The summed E-state index contributed by atoms with van der Waals surface area (Å²) in [5, 5.41) is 4.17. The minimum Gasteiger partial charge on any atom is -0.377 e. The standard InChI is InChI=1S/C7H10N2O.C2H6/c1-6-2-3-8-9(6)7-4-10-5-7;1-2/h2-3,7H,4-5H2,1H3;1-2H3. The van der Waals surface area contributed by atoms with Crippen LogP contribution in [0.5, 0.6) is 0 Å². The van der Waals surface area contributed by atoms with Crippen LogP contribution in [-0.4, -0.2) is 23.0 Å². The van der Waals surface area contributed by atoms with Gasteiger partial charge in [0.2, 0.25) is 0 Å². The molecule has 0 spiro atoms. The minimum absolute atomic E-state index is 0.495. The first-order valence-corrected chi connectivity index (χ1v) is 4.46. The van der Waals surface area contributed by atoms with Gasteiger partial charge >= 0.3 is 0 Å². The summed E-state index contributed by atoms with van der Waals surface area (Å²) in [6, 6.07) is 2.51. The highest BCUT2D eigenvalue weighted by atomic mass is 16.5. The van der Waals surface area contributed by atoms with E-state index in [2.05, 4.69) is 12.0 Å². The Hall–Kier alpha value is -0.830. The van der Waals surface area contributed by atoms with Gasteiger partial charge in [0.15, 0.2) is 0 Å². The van der Waals surface area contributed by atoms with Gasteiger partial charge in [-0.2, -0.15) is 5.10 Å². The molecule has 0 saturated carbocycles. The van der Waals surface area contributed by atoms with Gasteiger partial charge in [-0.3, -0.25) is 4.68 Å². The molecule has 68 valence electrons. The Balaban J connectivity index is 0.000000336. The van der Waals surface area contributed by atoms with Crippen LogP contribution in [0.15, 0.2) is 12.3 Å². The number of hydrogen-bond acceptors (Lipinski definition) is 2. The van der Waals surface area contributed by atoms with E-state index in [1.807, 2.05) is 30.8 Å². The number of nitrogens with zero attached hydrogens (tertiary/aromatic N) is 2. The van der Waals surface area contributed by atoms with Crippen molar-refractivity contribution in [2.45, 2.75) is 26.8 Å². The van der Waals surface area contributed by atoms with Crippen molar-refractivity contribution in [3.63, 3.8) is 0 Å². The minimum atomic E-state index is 0.495. The molecule has 1 aliphatic rings. The Morgan fingerprint density at radius 3 is 2.50 bits per heavy atom. The Morgan fingerprint density at radius 1 is 1.50 bits per heavy atom. The first-order valence-electron chi connectivity index (χ1n) is 4.46. The number of aromatic nitrogens is 2. The number of rotatable bonds is 1. The second-order valence-corrected chi connectivity index (χ2v) is 2.61. The van der Waals surface area contributed by atoms with E-state index in [0.29, 0.717) is 6.04 Å². The van der Waals surface area contributed by atoms with E-state index < -0.39 is 0 Å². The fraction of sp³-hybridized carbons (Fsp3) is 0.667. The second kappa shape index (κ2) is 4.26. The zero-order chi connectivity index (χ0) is 8.97. The molecule has 0 bridgehead atoms. The molecule has 1 saturated heterocycles. The first-order chi connectivity index (χ1) is 5.88. The summed E-state index contributed by atoms with van der Waals surface area (Å²) in [6.07, 6.45) is 1.83. The lowest BCUT2D eigenvalue weighted by molar-refractivity contribution is -0.0295. The lowest BCUT2D eigenvalue weighted by Crippen LogP contribution is -2.31. The molecule has 1 aliphatic heterocycles. The molecule has 0 N–H and O–H groups in total. The van der Waals surface area contributed by atoms with Gasteiger partial charge in [-0.25, -0.2) is 0 Å². The highest BCUT2D eigenvalue weighted by molar-refractivity contribution is 4.99. The van der Waals surface area contributed by atoms with Crippen LogP contribution >= 0.6 is 0 Å². The lowest BCUT2D eigenvalue weighted by Gasteiger charge is -2.27. The lowest BCUT2D eigenvalue weighted by atomic mass is 10.2. The van der Waals surface area contributed by atoms with E-state index in [0.717, 1.165) is 13.2 Å². The molecule has 2 heterocycles. The fourth-order valence-electron chi connectivity index (χ4n) is 1.13. The monoisotopic (exact) mass is 168 g/mol. The molecule has 12 heavy (non-hydrogen) atoms. The Kier molecular flexibility index (Phi) is 3.29. The molecular formula is C9H16N2O. The molecule has 3 heteroatoms. The molecule has 2 rings (SSSR count). The molecule has 0 unspecified atom stereocenters. The van der Waals surface area contributed by atoms with Gasteiger partial charge in [0, 0.05) is 11.9 Å². The van der Waals surface area contributed by atoms with Crippen molar-refractivity contribution in [2.24, 2.45) is 0 Å².